The maximum atomic E-state index is 9.85. The summed E-state index contributed by atoms with van der Waals surface area (Å²) in [7, 11) is 0. The summed E-state index contributed by atoms with van der Waals surface area (Å²) in [5, 5.41) is 9.85. The highest BCUT2D eigenvalue weighted by atomic mass is 16.5. The molecule has 1 spiro atoms. The molecule has 3 aliphatic rings. The van der Waals surface area contributed by atoms with E-state index in [1.54, 1.807) is 0 Å². The number of phenolic OH excluding ortho intramolecular Hbond substituents is 1. The minimum atomic E-state index is -0.120. The van der Waals surface area contributed by atoms with Crippen molar-refractivity contribution < 1.29 is 28.8 Å². The number of aromatic hydroxyl groups is 1. The van der Waals surface area contributed by atoms with Gasteiger partial charge in [0.15, 0.2) is 23.0 Å². The van der Waals surface area contributed by atoms with Gasteiger partial charge in [0.05, 0.1) is 26.4 Å². The number of rotatable bonds is 13. The van der Waals surface area contributed by atoms with Crippen molar-refractivity contribution in [2.75, 3.05) is 26.4 Å². The van der Waals surface area contributed by atoms with Crippen molar-refractivity contribution in [3.63, 3.8) is 0 Å². The van der Waals surface area contributed by atoms with Gasteiger partial charge in [-0.2, -0.15) is 0 Å². The van der Waals surface area contributed by atoms with Crippen LogP contribution in [0, 0.1) is 12.8 Å². The number of phenols is 1. The summed E-state index contributed by atoms with van der Waals surface area (Å²) in [6.07, 6.45) is 6.99. The Morgan fingerprint density at radius 2 is 1.02 bits per heavy atom. The zero-order valence-electron chi connectivity index (χ0n) is 35.9. The first-order chi connectivity index (χ1) is 25.4. The van der Waals surface area contributed by atoms with Gasteiger partial charge in [-0.15, -0.1) is 0 Å². The second-order valence-corrected chi connectivity index (χ2v) is 18.4. The number of hydrogen-bond acceptors (Lipinski definition) is 6. The minimum absolute atomic E-state index is 0.0163. The molecule has 0 saturated heterocycles. The van der Waals surface area contributed by atoms with Crippen LogP contribution in [-0.4, -0.2) is 37.1 Å². The zero-order valence-corrected chi connectivity index (χ0v) is 35.9. The highest BCUT2D eigenvalue weighted by Gasteiger charge is 2.57. The van der Waals surface area contributed by atoms with E-state index in [0.717, 1.165) is 84.8 Å². The molecule has 1 N–H and O–H groups in total. The molecule has 298 valence electrons. The van der Waals surface area contributed by atoms with E-state index < -0.39 is 0 Å². The lowest BCUT2D eigenvalue weighted by atomic mass is 9.72. The molecule has 1 atom stereocenters. The molecule has 3 aromatic carbocycles. The molecule has 0 aromatic heterocycles. The van der Waals surface area contributed by atoms with Gasteiger partial charge in [0, 0.05) is 11.0 Å². The minimum Gasteiger partial charge on any atom is -0.508 e. The van der Waals surface area contributed by atoms with Crippen LogP contribution in [0.3, 0.4) is 0 Å². The van der Waals surface area contributed by atoms with Gasteiger partial charge >= 0.3 is 0 Å². The molecule has 0 radical (unpaired) electrons. The predicted octanol–water partition coefficient (Wildman–Crippen LogP) is 12.5. The van der Waals surface area contributed by atoms with Crippen LogP contribution in [-0.2, 0) is 16.2 Å². The second kappa shape index (κ2) is 16.3. The van der Waals surface area contributed by atoms with Gasteiger partial charge in [0.25, 0.3) is 0 Å². The van der Waals surface area contributed by atoms with Gasteiger partial charge < -0.3 is 28.8 Å². The number of ether oxygens (including phenoxy) is 5. The van der Waals surface area contributed by atoms with E-state index in [1.165, 1.54) is 22.3 Å². The van der Waals surface area contributed by atoms with Crippen molar-refractivity contribution in [1.29, 1.82) is 0 Å². The molecule has 1 aliphatic heterocycles. The van der Waals surface area contributed by atoms with E-state index in [1.807, 2.05) is 19.1 Å². The summed E-state index contributed by atoms with van der Waals surface area (Å²) in [6, 6.07) is 13.0. The Morgan fingerprint density at radius 1 is 0.630 bits per heavy atom. The predicted molar refractivity (Wildman–Crippen MR) is 222 cm³/mol. The van der Waals surface area contributed by atoms with Gasteiger partial charge in [-0.25, -0.2) is 0 Å². The van der Waals surface area contributed by atoms with Gasteiger partial charge in [-0.3, -0.25) is 0 Å². The normalized spacial score (nSPS) is 19.3. The standard InChI is InChI=1S/C33H48O4.C15H22O2/c1-9-13-34-27-17-23-25(19-29(27)36-15-11-3)33(21-31(23,5)6)22-32(7,8)24-18-28(35-14-10-2)30(20-26(24)33)37-16-12-4;1-9(2)12-8-15(4,5)17-14-6-10(3)13(16)7-11(12)14/h17-20H,9-16,21-22H2,1-8H3;6-7,9,12,16H,8H2,1-5H3. The molecular weight excluding hydrogens is 673 g/mol. The van der Waals surface area contributed by atoms with Crippen molar-refractivity contribution in [2.45, 2.75) is 163 Å². The molecule has 2 aliphatic carbocycles. The molecule has 0 amide bonds. The molecule has 54 heavy (non-hydrogen) atoms. The first kappa shape index (κ1) is 41.6. The van der Waals surface area contributed by atoms with Crippen molar-refractivity contribution in [3.8, 4) is 34.5 Å². The Kier molecular flexibility index (Phi) is 12.5. The highest BCUT2D eigenvalue weighted by molar-refractivity contribution is 5.66. The molecular formula is C48H70O6. The molecule has 6 rings (SSSR count). The van der Waals surface area contributed by atoms with Crippen LogP contribution in [0.15, 0.2) is 36.4 Å². The Bertz CT molecular complexity index is 1680. The first-order valence-corrected chi connectivity index (χ1v) is 20.8. The maximum Gasteiger partial charge on any atom is 0.161 e. The molecule has 6 nitrogen and oxygen atoms in total. The molecule has 0 saturated carbocycles. The first-order valence-electron chi connectivity index (χ1n) is 20.8. The van der Waals surface area contributed by atoms with Crippen molar-refractivity contribution >= 4 is 0 Å². The van der Waals surface area contributed by atoms with Crippen LogP contribution >= 0.6 is 0 Å². The summed E-state index contributed by atoms with van der Waals surface area (Å²) in [6.45, 7) is 31.5. The van der Waals surface area contributed by atoms with Crippen LogP contribution in [0.25, 0.3) is 0 Å². The largest absolute Gasteiger partial charge is 0.508 e. The molecule has 1 unspecified atom stereocenters. The fourth-order valence-corrected chi connectivity index (χ4v) is 9.26. The third-order valence-corrected chi connectivity index (χ3v) is 11.6. The zero-order chi connectivity index (χ0) is 39.6. The third kappa shape index (κ3) is 8.33. The highest BCUT2D eigenvalue weighted by Crippen LogP contribution is 2.65. The van der Waals surface area contributed by atoms with Crippen molar-refractivity contribution in [2.24, 2.45) is 5.92 Å². The fourth-order valence-electron chi connectivity index (χ4n) is 9.26. The maximum absolute atomic E-state index is 9.85. The molecule has 3 aromatic rings. The Morgan fingerprint density at radius 3 is 1.39 bits per heavy atom. The monoisotopic (exact) mass is 743 g/mol. The lowest BCUT2D eigenvalue weighted by Crippen LogP contribution is -2.36. The number of fused-ring (bicyclic) bond motifs is 5. The summed E-state index contributed by atoms with van der Waals surface area (Å²) in [4.78, 5) is 0. The lowest BCUT2D eigenvalue weighted by molar-refractivity contribution is 0.0637. The van der Waals surface area contributed by atoms with E-state index >= 15 is 0 Å². The topological polar surface area (TPSA) is 66.4 Å². The SMILES string of the molecule is CCCOc1cc2c(cc1OCCC)C1(CC2(C)C)CC(C)(C)c2cc(OCCC)c(OCCC)cc21.Cc1cc2c(cc1O)C(C(C)C)CC(C)(C)O2. The van der Waals surface area contributed by atoms with Crippen LogP contribution in [0.1, 0.15) is 167 Å². The van der Waals surface area contributed by atoms with Gasteiger partial charge in [-0.05, 0) is 153 Å². The van der Waals surface area contributed by atoms with Gasteiger partial charge in [0.1, 0.15) is 17.1 Å². The molecule has 6 heteroatoms. The fraction of sp³-hybridized carbons (Fsp3) is 0.625. The van der Waals surface area contributed by atoms with E-state index in [9.17, 15) is 5.11 Å². The van der Waals surface area contributed by atoms with Crippen molar-refractivity contribution in [1.82, 2.24) is 0 Å². The number of hydrogen-bond donors (Lipinski definition) is 1. The van der Waals surface area contributed by atoms with Crippen LogP contribution in [0.2, 0.25) is 0 Å². The Labute approximate surface area is 327 Å². The second-order valence-electron chi connectivity index (χ2n) is 18.4. The quantitative estimate of drug-likeness (QED) is 0.188. The summed E-state index contributed by atoms with van der Waals surface area (Å²) >= 11 is 0. The van der Waals surface area contributed by atoms with Crippen LogP contribution < -0.4 is 23.7 Å². The van der Waals surface area contributed by atoms with Crippen LogP contribution in [0.4, 0.5) is 0 Å². The lowest BCUT2D eigenvalue weighted by Gasteiger charge is -2.39. The number of aryl methyl sites for hydroxylation is 1. The van der Waals surface area contributed by atoms with E-state index in [2.05, 4.69) is 107 Å². The smallest absolute Gasteiger partial charge is 0.161 e. The molecule has 1 heterocycles. The molecule has 0 bridgehead atoms. The van der Waals surface area contributed by atoms with E-state index in [0.29, 0.717) is 44.0 Å². The van der Waals surface area contributed by atoms with Gasteiger partial charge in [0.2, 0.25) is 0 Å². The third-order valence-electron chi connectivity index (χ3n) is 11.6. The van der Waals surface area contributed by atoms with Crippen molar-refractivity contribution in [3.05, 3.63) is 69.8 Å². The summed E-state index contributed by atoms with van der Waals surface area (Å²) in [5.74, 6) is 5.84. The van der Waals surface area contributed by atoms with E-state index in [4.69, 9.17) is 23.7 Å². The molecule has 0 fully saturated rings. The van der Waals surface area contributed by atoms with Crippen LogP contribution in [0.5, 0.6) is 34.5 Å². The average molecular weight is 743 g/mol. The van der Waals surface area contributed by atoms with Gasteiger partial charge in [-0.1, -0.05) is 69.2 Å². The average Bonchev–Trinajstić information content (AvgIpc) is 3.45. The Balaban J connectivity index is 0.000000274. The van der Waals surface area contributed by atoms with E-state index in [-0.39, 0.29) is 21.8 Å². The summed E-state index contributed by atoms with van der Waals surface area (Å²) in [5.41, 5.74) is 7.40. The Hall–Kier alpha value is -3.54. The summed E-state index contributed by atoms with van der Waals surface area (Å²) < 4.78 is 31.0. The number of benzene rings is 3.